The van der Waals surface area contributed by atoms with Crippen molar-refractivity contribution in [2.75, 3.05) is 11.4 Å². The second-order valence-corrected chi connectivity index (χ2v) is 13.5. The molecule has 3 aromatic rings. The molecule has 7 aliphatic rings. The van der Waals surface area contributed by atoms with Crippen LogP contribution in [0.1, 0.15) is 88.1 Å². The molecule has 2 aromatic heterocycles. The Morgan fingerprint density at radius 1 is 1.05 bits per heavy atom. The van der Waals surface area contributed by atoms with Gasteiger partial charge in [0.05, 0.1) is 11.1 Å². The smallest absolute Gasteiger partial charge is 0.258 e. The third-order valence-corrected chi connectivity index (χ3v) is 10.7. The van der Waals surface area contributed by atoms with Gasteiger partial charge in [-0.3, -0.25) is 4.79 Å². The van der Waals surface area contributed by atoms with Crippen LogP contribution in [0.2, 0.25) is 5.28 Å². The number of fused-ring (bicyclic) bond motifs is 3. The molecule has 4 bridgehead atoms. The molecule has 0 radical (unpaired) electrons. The van der Waals surface area contributed by atoms with Crippen molar-refractivity contribution in [3.8, 4) is 11.5 Å². The predicted molar refractivity (Wildman–Crippen MR) is 143 cm³/mol. The summed E-state index contributed by atoms with van der Waals surface area (Å²) in [5.41, 5.74) is 1.09. The molecule has 2 heterocycles. The van der Waals surface area contributed by atoms with E-state index in [1.54, 1.807) is 6.20 Å². The Labute approximate surface area is 231 Å². The summed E-state index contributed by atoms with van der Waals surface area (Å²) in [5.74, 6) is 1.73. The van der Waals surface area contributed by atoms with E-state index >= 15 is 0 Å². The Bertz CT molecular complexity index is 1440. The first-order valence-corrected chi connectivity index (χ1v) is 14.6. The fourth-order valence-corrected chi connectivity index (χ4v) is 8.12. The molecular formula is C30H31ClFN5O2. The number of carbonyl (C=O) groups excluding carboxylic acids is 1. The molecule has 1 amide bonds. The zero-order chi connectivity index (χ0) is 26.5. The van der Waals surface area contributed by atoms with Crippen LogP contribution in [0.15, 0.2) is 41.1 Å². The van der Waals surface area contributed by atoms with Crippen LogP contribution >= 0.6 is 11.6 Å². The van der Waals surface area contributed by atoms with E-state index in [0.717, 1.165) is 74.1 Å². The standard InChI is InChI=1S/C30H31ClFN5O2/c31-26-33-13-6-22(34-26)28-10-7-27(8-11-28,9-12-28)18-37(25(38)29-15-30(32,16-29)17-29)21-3-1-2-20(14-21)24-35-23(36-39-24)19-4-5-19/h1-3,6,13-14,19H,4-5,7-12,15-18H2. The molecule has 7 saturated carbocycles. The summed E-state index contributed by atoms with van der Waals surface area (Å²) in [5, 5.41) is 4.48. The summed E-state index contributed by atoms with van der Waals surface area (Å²) in [4.78, 5) is 29.4. The summed E-state index contributed by atoms with van der Waals surface area (Å²) in [7, 11) is 0. The fraction of sp³-hybridized carbons (Fsp3) is 0.567. The van der Waals surface area contributed by atoms with Gasteiger partial charge in [0.2, 0.25) is 11.2 Å². The van der Waals surface area contributed by atoms with E-state index in [1.165, 1.54) is 0 Å². The highest BCUT2D eigenvalue weighted by atomic mass is 35.5. The van der Waals surface area contributed by atoms with E-state index in [9.17, 15) is 9.18 Å². The number of halogens is 2. The minimum absolute atomic E-state index is 0.0325. The second-order valence-electron chi connectivity index (χ2n) is 13.1. The SMILES string of the molecule is O=C(N(CC12CCC(c3ccnc(Cl)n3)(CC1)CC2)c1cccc(-c2nc(C3CC3)no2)c1)C12CC(F)(C1)C2. The lowest BCUT2D eigenvalue weighted by molar-refractivity contribution is -0.211. The first-order valence-electron chi connectivity index (χ1n) is 14.2. The van der Waals surface area contributed by atoms with Crippen LogP contribution in [0.3, 0.4) is 0 Å². The molecule has 0 saturated heterocycles. The molecule has 10 rings (SSSR count). The minimum atomic E-state index is -1.13. The highest BCUT2D eigenvalue weighted by Crippen LogP contribution is 2.70. The predicted octanol–water partition coefficient (Wildman–Crippen LogP) is 6.57. The number of amides is 1. The van der Waals surface area contributed by atoms with Crippen molar-refractivity contribution < 1.29 is 13.7 Å². The molecule has 7 aliphatic carbocycles. The van der Waals surface area contributed by atoms with E-state index in [2.05, 4.69) is 20.1 Å². The lowest BCUT2D eigenvalue weighted by Crippen LogP contribution is -2.71. The number of rotatable bonds is 7. The van der Waals surface area contributed by atoms with Crippen molar-refractivity contribution in [3.05, 3.63) is 53.3 Å². The minimum Gasteiger partial charge on any atom is -0.334 e. The number of nitrogens with zero attached hydrogens (tertiary/aromatic N) is 5. The van der Waals surface area contributed by atoms with Gasteiger partial charge in [-0.2, -0.15) is 4.98 Å². The summed E-state index contributed by atoms with van der Waals surface area (Å²) in [6.07, 6.45) is 11.1. The maximum Gasteiger partial charge on any atom is 0.258 e. The van der Waals surface area contributed by atoms with Crippen LogP contribution in [0, 0.1) is 10.8 Å². The quantitative estimate of drug-likeness (QED) is 0.311. The van der Waals surface area contributed by atoms with Gasteiger partial charge >= 0.3 is 0 Å². The maximum absolute atomic E-state index is 14.5. The second kappa shape index (κ2) is 8.09. The molecule has 0 atom stereocenters. The maximum atomic E-state index is 14.5. The largest absolute Gasteiger partial charge is 0.334 e. The third kappa shape index (κ3) is 3.77. The van der Waals surface area contributed by atoms with Gasteiger partial charge in [0.25, 0.3) is 5.89 Å². The van der Waals surface area contributed by atoms with Gasteiger partial charge in [0.1, 0.15) is 5.67 Å². The molecule has 9 heteroatoms. The molecule has 0 unspecified atom stereocenters. The highest BCUT2D eigenvalue weighted by Gasteiger charge is 2.73. The van der Waals surface area contributed by atoms with Gasteiger partial charge in [-0.1, -0.05) is 11.2 Å². The molecule has 39 heavy (non-hydrogen) atoms. The van der Waals surface area contributed by atoms with Crippen molar-refractivity contribution in [1.29, 1.82) is 0 Å². The number of hydrogen-bond donors (Lipinski definition) is 0. The van der Waals surface area contributed by atoms with Gasteiger partial charge < -0.3 is 9.42 Å². The Hall–Kier alpha value is -2.87. The number of aromatic nitrogens is 4. The lowest BCUT2D eigenvalue weighted by Gasteiger charge is -2.65. The Kier molecular flexibility index (Phi) is 4.97. The molecule has 0 N–H and O–H groups in total. The van der Waals surface area contributed by atoms with Crippen molar-refractivity contribution in [1.82, 2.24) is 20.1 Å². The molecule has 0 aliphatic heterocycles. The third-order valence-electron chi connectivity index (χ3n) is 10.5. The summed E-state index contributed by atoms with van der Waals surface area (Å²) in [6, 6.07) is 9.90. The monoisotopic (exact) mass is 547 g/mol. The van der Waals surface area contributed by atoms with Crippen molar-refractivity contribution >= 4 is 23.2 Å². The van der Waals surface area contributed by atoms with Crippen LogP contribution in [-0.2, 0) is 10.2 Å². The Morgan fingerprint density at radius 2 is 1.79 bits per heavy atom. The van der Waals surface area contributed by atoms with E-state index in [1.807, 2.05) is 35.2 Å². The van der Waals surface area contributed by atoms with Crippen molar-refractivity contribution in [3.63, 3.8) is 0 Å². The zero-order valence-corrected chi connectivity index (χ0v) is 22.6. The molecule has 1 aromatic carbocycles. The summed E-state index contributed by atoms with van der Waals surface area (Å²) >= 11 is 6.14. The number of benzene rings is 1. The van der Waals surface area contributed by atoms with Gasteiger partial charge in [-0.15, -0.1) is 0 Å². The zero-order valence-electron chi connectivity index (χ0n) is 21.8. The Morgan fingerprint density at radius 3 is 2.46 bits per heavy atom. The summed E-state index contributed by atoms with van der Waals surface area (Å²) in [6.45, 7) is 0.647. The Balaban J connectivity index is 1.09. The van der Waals surface area contributed by atoms with Crippen LogP contribution < -0.4 is 4.90 Å². The molecule has 7 nitrogen and oxygen atoms in total. The van der Waals surface area contributed by atoms with Gasteiger partial charge in [-0.05, 0) is 112 Å². The number of anilines is 1. The number of alkyl halides is 1. The molecule has 0 spiro atoms. The van der Waals surface area contributed by atoms with Crippen LogP contribution in [0.5, 0.6) is 0 Å². The first kappa shape index (κ1) is 24.0. The lowest BCUT2D eigenvalue weighted by atomic mass is 9.41. The van der Waals surface area contributed by atoms with Crippen molar-refractivity contribution in [2.24, 2.45) is 10.8 Å². The average Bonchev–Trinajstić information content (AvgIpc) is 3.66. The van der Waals surface area contributed by atoms with E-state index < -0.39 is 11.1 Å². The molecule has 7 fully saturated rings. The van der Waals surface area contributed by atoms with Gasteiger partial charge in [-0.25, -0.2) is 14.4 Å². The molecule has 202 valence electrons. The van der Waals surface area contributed by atoms with E-state index in [4.69, 9.17) is 16.1 Å². The summed E-state index contributed by atoms with van der Waals surface area (Å²) < 4.78 is 20.1. The van der Waals surface area contributed by atoms with Crippen LogP contribution in [0.25, 0.3) is 11.5 Å². The van der Waals surface area contributed by atoms with Crippen LogP contribution in [-0.4, -0.2) is 38.2 Å². The van der Waals surface area contributed by atoms with E-state index in [0.29, 0.717) is 42.9 Å². The van der Waals surface area contributed by atoms with Gasteiger partial charge in [0, 0.05) is 35.3 Å². The normalized spacial score (nSPS) is 34.3. The molecular weight excluding hydrogens is 517 g/mol. The van der Waals surface area contributed by atoms with E-state index in [-0.39, 0.29) is 16.7 Å². The van der Waals surface area contributed by atoms with Gasteiger partial charge in [0.15, 0.2) is 5.82 Å². The number of hydrogen-bond acceptors (Lipinski definition) is 6. The first-order chi connectivity index (χ1) is 18.8. The fourth-order valence-electron chi connectivity index (χ4n) is 7.97. The number of carbonyl (C=O) groups is 1. The average molecular weight is 548 g/mol. The highest BCUT2D eigenvalue weighted by molar-refractivity contribution is 6.28. The van der Waals surface area contributed by atoms with Crippen molar-refractivity contribution in [2.45, 2.75) is 87.6 Å². The van der Waals surface area contributed by atoms with Crippen LogP contribution in [0.4, 0.5) is 10.1 Å². The topological polar surface area (TPSA) is 85.0 Å².